The molecule has 1 fully saturated rings. The molecule has 29 heavy (non-hydrogen) atoms. The summed E-state index contributed by atoms with van der Waals surface area (Å²) in [7, 11) is 0. The van der Waals surface area contributed by atoms with Crippen LogP contribution >= 0.6 is 0 Å². The average molecular weight is 396 g/mol. The van der Waals surface area contributed by atoms with E-state index in [2.05, 4.69) is 4.98 Å². The summed E-state index contributed by atoms with van der Waals surface area (Å²) in [6.45, 7) is 0.610. The lowest BCUT2D eigenvalue weighted by Crippen LogP contribution is -2.27. The molecule has 6 heteroatoms. The van der Waals surface area contributed by atoms with Crippen LogP contribution in [0, 0.1) is 5.92 Å². The van der Waals surface area contributed by atoms with Gasteiger partial charge in [0, 0.05) is 30.5 Å². The fraction of sp³-hybridized carbons (Fsp3) is 0.217. The largest absolute Gasteiger partial charge is 0.416 e. The highest BCUT2D eigenvalue weighted by Crippen LogP contribution is 2.32. The van der Waals surface area contributed by atoms with Gasteiger partial charge in [-0.3, -0.25) is 9.78 Å². The SMILES string of the molecule is O=C1C(Cc2ccc(C(F)(F)F)cc2)CCN1c1ccc(-c2ccncc2)cc1. The van der Waals surface area contributed by atoms with Gasteiger partial charge in [0.15, 0.2) is 0 Å². The summed E-state index contributed by atoms with van der Waals surface area (Å²) < 4.78 is 38.1. The second-order valence-electron chi connectivity index (χ2n) is 7.16. The molecular formula is C23H19F3N2O. The highest BCUT2D eigenvalue weighted by Gasteiger charge is 2.33. The lowest BCUT2D eigenvalue weighted by atomic mass is 9.97. The van der Waals surface area contributed by atoms with Crippen LogP contribution < -0.4 is 4.90 Å². The molecule has 0 N–H and O–H groups in total. The molecule has 4 rings (SSSR count). The molecule has 0 radical (unpaired) electrons. The lowest BCUT2D eigenvalue weighted by molar-refractivity contribution is -0.137. The number of halogens is 3. The third-order valence-corrected chi connectivity index (χ3v) is 5.27. The summed E-state index contributed by atoms with van der Waals surface area (Å²) >= 11 is 0. The van der Waals surface area contributed by atoms with Crippen molar-refractivity contribution in [1.82, 2.24) is 4.98 Å². The van der Waals surface area contributed by atoms with Crippen molar-refractivity contribution in [3.8, 4) is 11.1 Å². The van der Waals surface area contributed by atoms with E-state index in [1.165, 1.54) is 12.1 Å². The van der Waals surface area contributed by atoms with Crippen molar-refractivity contribution in [2.24, 2.45) is 5.92 Å². The monoisotopic (exact) mass is 396 g/mol. The Bertz CT molecular complexity index is 983. The van der Waals surface area contributed by atoms with Crippen LogP contribution in [0.2, 0.25) is 0 Å². The normalized spacial score (nSPS) is 17.0. The van der Waals surface area contributed by atoms with Gasteiger partial charge in [0.2, 0.25) is 5.91 Å². The van der Waals surface area contributed by atoms with Gasteiger partial charge in [-0.25, -0.2) is 0 Å². The van der Waals surface area contributed by atoms with Crippen LogP contribution in [0.1, 0.15) is 17.5 Å². The number of benzene rings is 2. The van der Waals surface area contributed by atoms with Gasteiger partial charge in [-0.1, -0.05) is 24.3 Å². The van der Waals surface area contributed by atoms with Crippen molar-refractivity contribution in [3.63, 3.8) is 0 Å². The predicted molar refractivity (Wildman–Crippen MR) is 105 cm³/mol. The van der Waals surface area contributed by atoms with E-state index in [0.29, 0.717) is 19.4 Å². The molecule has 0 aliphatic carbocycles. The zero-order valence-electron chi connectivity index (χ0n) is 15.6. The van der Waals surface area contributed by atoms with Gasteiger partial charge >= 0.3 is 6.18 Å². The Balaban J connectivity index is 1.43. The summed E-state index contributed by atoms with van der Waals surface area (Å²) in [5, 5.41) is 0. The summed E-state index contributed by atoms with van der Waals surface area (Å²) in [6.07, 6.45) is 0.258. The zero-order valence-corrected chi connectivity index (χ0v) is 15.6. The number of nitrogens with zero attached hydrogens (tertiary/aromatic N) is 2. The lowest BCUT2D eigenvalue weighted by Gasteiger charge is -2.17. The van der Waals surface area contributed by atoms with Gasteiger partial charge in [0.05, 0.1) is 5.56 Å². The molecule has 3 aromatic rings. The topological polar surface area (TPSA) is 33.2 Å². The van der Waals surface area contributed by atoms with E-state index in [0.717, 1.165) is 34.5 Å². The number of aromatic nitrogens is 1. The Morgan fingerprint density at radius 2 is 1.52 bits per heavy atom. The maximum atomic E-state index is 12.8. The molecule has 1 aliphatic rings. The molecule has 2 aromatic carbocycles. The number of anilines is 1. The van der Waals surface area contributed by atoms with E-state index in [9.17, 15) is 18.0 Å². The van der Waals surface area contributed by atoms with Crippen molar-refractivity contribution >= 4 is 11.6 Å². The predicted octanol–water partition coefficient (Wildman–Crippen LogP) is 5.36. The van der Waals surface area contributed by atoms with Crippen LogP contribution in [-0.2, 0) is 17.4 Å². The summed E-state index contributed by atoms with van der Waals surface area (Å²) in [4.78, 5) is 18.6. The van der Waals surface area contributed by atoms with Crippen LogP contribution in [0.5, 0.6) is 0 Å². The summed E-state index contributed by atoms with van der Waals surface area (Å²) in [6, 6.07) is 16.7. The molecule has 0 saturated carbocycles. The molecule has 0 spiro atoms. The van der Waals surface area contributed by atoms with Crippen LogP contribution in [0.3, 0.4) is 0 Å². The smallest absolute Gasteiger partial charge is 0.312 e. The molecule has 1 amide bonds. The number of pyridine rings is 1. The highest BCUT2D eigenvalue weighted by molar-refractivity contribution is 5.97. The Hall–Kier alpha value is -3.15. The van der Waals surface area contributed by atoms with Crippen molar-refractivity contribution in [1.29, 1.82) is 0 Å². The molecule has 2 heterocycles. The maximum absolute atomic E-state index is 12.8. The van der Waals surface area contributed by atoms with Crippen molar-refractivity contribution in [2.45, 2.75) is 19.0 Å². The summed E-state index contributed by atoms with van der Waals surface area (Å²) in [5.41, 5.74) is 3.01. The van der Waals surface area contributed by atoms with Crippen LogP contribution in [-0.4, -0.2) is 17.4 Å². The van der Waals surface area contributed by atoms with E-state index >= 15 is 0 Å². The Morgan fingerprint density at radius 1 is 0.897 bits per heavy atom. The second-order valence-corrected chi connectivity index (χ2v) is 7.16. The minimum absolute atomic E-state index is 0.0153. The van der Waals surface area contributed by atoms with Gasteiger partial charge in [-0.2, -0.15) is 13.2 Å². The number of amides is 1. The van der Waals surface area contributed by atoms with E-state index in [4.69, 9.17) is 0 Å². The summed E-state index contributed by atoms with van der Waals surface area (Å²) in [5.74, 6) is -0.201. The number of carbonyl (C=O) groups is 1. The molecule has 1 aromatic heterocycles. The Kier molecular flexibility index (Phi) is 5.09. The Labute approximate surface area is 166 Å². The van der Waals surface area contributed by atoms with Gasteiger partial charge in [0.25, 0.3) is 0 Å². The maximum Gasteiger partial charge on any atom is 0.416 e. The average Bonchev–Trinajstić information content (AvgIpc) is 3.09. The second kappa shape index (κ2) is 7.70. The van der Waals surface area contributed by atoms with E-state index in [1.807, 2.05) is 36.4 Å². The van der Waals surface area contributed by atoms with Crippen molar-refractivity contribution in [3.05, 3.63) is 84.2 Å². The first-order valence-electron chi connectivity index (χ1n) is 9.40. The first-order chi connectivity index (χ1) is 13.9. The molecule has 0 bridgehead atoms. The number of rotatable bonds is 4. The third kappa shape index (κ3) is 4.16. The molecular weight excluding hydrogens is 377 g/mol. The van der Waals surface area contributed by atoms with Gasteiger partial charge in [-0.05, 0) is 65.9 Å². The molecule has 1 saturated heterocycles. The van der Waals surface area contributed by atoms with Crippen LogP contribution in [0.25, 0.3) is 11.1 Å². The van der Waals surface area contributed by atoms with Crippen molar-refractivity contribution in [2.75, 3.05) is 11.4 Å². The number of hydrogen-bond donors (Lipinski definition) is 0. The van der Waals surface area contributed by atoms with E-state index < -0.39 is 11.7 Å². The zero-order chi connectivity index (χ0) is 20.4. The fourth-order valence-electron chi connectivity index (χ4n) is 3.68. The molecule has 1 unspecified atom stereocenters. The first-order valence-corrected chi connectivity index (χ1v) is 9.40. The fourth-order valence-corrected chi connectivity index (χ4v) is 3.68. The first kappa shape index (κ1) is 19.2. The molecule has 1 aliphatic heterocycles. The van der Waals surface area contributed by atoms with Gasteiger partial charge < -0.3 is 4.90 Å². The third-order valence-electron chi connectivity index (χ3n) is 5.27. The van der Waals surface area contributed by atoms with Crippen LogP contribution in [0.15, 0.2) is 73.1 Å². The standard InChI is InChI=1S/C23H19F3N2O/c24-23(25,26)20-5-1-16(2-6-20)15-19-11-14-28(22(19)29)21-7-3-17(4-8-21)18-9-12-27-13-10-18/h1-10,12-13,19H,11,14-15H2. The molecule has 3 nitrogen and oxygen atoms in total. The number of hydrogen-bond acceptors (Lipinski definition) is 2. The Morgan fingerprint density at radius 3 is 2.14 bits per heavy atom. The van der Waals surface area contributed by atoms with Crippen molar-refractivity contribution < 1.29 is 18.0 Å². The molecule has 148 valence electrons. The number of alkyl halides is 3. The minimum Gasteiger partial charge on any atom is -0.312 e. The quantitative estimate of drug-likeness (QED) is 0.595. The minimum atomic E-state index is -4.35. The van der Waals surface area contributed by atoms with E-state index in [1.54, 1.807) is 17.3 Å². The van der Waals surface area contributed by atoms with Gasteiger partial charge in [-0.15, -0.1) is 0 Å². The molecule has 1 atom stereocenters. The van der Waals surface area contributed by atoms with Crippen LogP contribution in [0.4, 0.5) is 18.9 Å². The highest BCUT2D eigenvalue weighted by atomic mass is 19.4. The van der Waals surface area contributed by atoms with Gasteiger partial charge in [0.1, 0.15) is 0 Å². The van der Waals surface area contributed by atoms with E-state index in [-0.39, 0.29) is 11.8 Å². The number of carbonyl (C=O) groups excluding carboxylic acids is 1.